The lowest BCUT2D eigenvalue weighted by atomic mass is 9.80. The second-order valence-corrected chi connectivity index (χ2v) is 10.6. The predicted molar refractivity (Wildman–Crippen MR) is 135 cm³/mol. The van der Waals surface area contributed by atoms with Crippen molar-refractivity contribution < 1.29 is 14.6 Å². The first-order valence-electron chi connectivity index (χ1n) is 12.4. The zero-order valence-corrected chi connectivity index (χ0v) is 20.6. The molecule has 3 aromatic rings. The number of ether oxygens (including phenoxy) is 1. The summed E-state index contributed by atoms with van der Waals surface area (Å²) in [5, 5.41) is 19.1. The number of hydrogen-bond donors (Lipinski definition) is 1. The number of amides is 1. The van der Waals surface area contributed by atoms with Gasteiger partial charge < -0.3 is 14.7 Å². The molecule has 5 rings (SSSR count). The third kappa shape index (κ3) is 5.08. The van der Waals surface area contributed by atoms with Gasteiger partial charge >= 0.3 is 6.09 Å². The zero-order chi connectivity index (χ0) is 24.6. The van der Waals surface area contributed by atoms with Crippen LogP contribution in [0.2, 0.25) is 0 Å². The van der Waals surface area contributed by atoms with Crippen LogP contribution in [-0.2, 0) is 10.3 Å². The van der Waals surface area contributed by atoms with Crippen molar-refractivity contribution in [3.63, 3.8) is 0 Å². The molecule has 6 nitrogen and oxygen atoms in total. The normalized spacial score (nSPS) is 21.5. The van der Waals surface area contributed by atoms with E-state index in [1.807, 2.05) is 54.3 Å². The van der Waals surface area contributed by atoms with Crippen molar-refractivity contribution in [2.45, 2.75) is 63.7 Å². The highest BCUT2D eigenvalue weighted by Gasteiger charge is 2.49. The number of rotatable bonds is 7. The topological polar surface area (TPSA) is 75.6 Å². The summed E-state index contributed by atoms with van der Waals surface area (Å²) in [6, 6.07) is 22.1. The molecule has 2 fully saturated rings. The fraction of sp³-hybridized carbons (Fsp3) is 0.414. The fourth-order valence-electron chi connectivity index (χ4n) is 5.31. The Bertz CT molecular complexity index is 1170. The van der Waals surface area contributed by atoms with Crippen molar-refractivity contribution in [3.8, 4) is 11.3 Å². The van der Waals surface area contributed by atoms with Gasteiger partial charge in [0.15, 0.2) is 0 Å². The number of carbonyl (C=O) groups is 1. The second-order valence-electron chi connectivity index (χ2n) is 10.6. The van der Waals surface area contributed by atoms with E-state index in [9.17, 15) is 9.90 Å². The van der Waals surface area contributed by atoms with Gasteiger partial charge in [0, 0.05) is 24.9 Å². The van der Waals surface area contributed by atoms with Gasteiger partial charge in [-0.1, -0.05) is 54.6 Å². The van der Waals surface area contributed by atoms with Crippen LogP contribution in [0.15, 0.2) is 66.7 Å². The first-order chi connectivity index (χ1) is 16.7. The largest absolute Gasteiger partial charge is 0.438 e. The lowest BCUT2D eigenvalue weighted by Gasteiger charge is -2.46. The molecule has 1 aliphatic carbocycles. The molecule has 1 saturated carbocycles. The molecule has 2 heterocycles. The molecule has 35 heavy (non-hydrogen) atoms. The van der Waals surface area contributed by atoms with E-state index in [0.29, 0.717) is 25.3 Å². The Labute approximate surface area is 207 Å². The molecule has 6 heteroatoms. The molecule has 2 atom stereocenters. The van der Waals surface area contributed by atoms with Crippen LogP contribution in [0.1, 0.15) is 62.4 Å². The van der Waals surface area contributed by atoms with Crippen LogP contribution in [0.4, 0.5) is 4.79 Å². The second kappa shape index (κ2) is 9.08. The molecule has 0 radical (unpaired) electrons. The van der Waals surface area contributed by atoms with E-state index in [-0.39, 0.29) is 12.1 Å². The third-order valence-corrected chi connectivity index (χ3v) is 7.04. The number of benzene rings is 2. The van der Waals surface area contributed by atoms with Gasteiger partial charge in [-0.15, -0.1) is 0 Å². The van der Waals surface area contributed by atoms with E-state index < -0.39 is 11.2 Å². The molecule has 1 aromatic heterocycles. The lowest BCUT2D eigenvalue weighted by molar-refractivity contribution is -0.103. The molecule has 2 aliphatic rings. The monoisotopic (exact) mass is 471 g/mol. The maximum atomic E-state index is 13.5. The highest BCUT2D eigenvalue weighted by atomic mass is 16.6. The molecule has 1 unspecified atom stereocenters. The number of aryl methyl sites for hydroxylation is 1. The smallest absolute Gasteiger partial charge is 0.411 e. The molecule has 1 N–H and O–H groups in total. The van der Waals surface area contributed by atoms with Crippen LogP contribution in [0.3, 0.4) is 0 Å². The standard InChI is InChI=1S/C29H33N3O3/c1-20-9-16-25(31-30-20)21-10-12-22(13-11-21)26(23-14-15-23)32-18-17-29(35-27(32)33,19-28(2,3)34)24-7-5-4-6-8-24/h4-13,16,23,26,34H,14-15,17-19H2,1-3H3/t26?,29-/m0/s1. The van der Waals surface area contributed by atoms with Crippen LogP contribution in [0, 0.1) is 12.8 Å². The molecule has 0 bridgehead atoms. The van der Waals surface area contributed by atoms with Gasteiger partial charge in [0.2, 0.25) is 0 Å². The number of aliphatic hydroxyl groups is 1. The van der Waals surface area contributed by atoms with Gasteiger partial charge in [0.25, 0.3) is 0 Å². The van der Waals surface area contributed by atoms with Gasteiger partial charge in [-0.3, -0.25) is 0 Å². The average Bonchev–Trinajstić information content (AvgIpc) is 3.67. The maximum Gasteiger partial charge on any atom is 0.411 e. The third-order valence-electron chi connectivity index (χ3n) is 7.04. The molecular formula is C29H33N3O3. The summed E-state index contributed by atoms with van der Waals surface area (Å²) in [6.07, 6.45) is 2.88. The Kier molecular flexibility index (Phi) is 6.09. The highest BCUT2D eigenvalue weighted by molar-refractivity contribution is 5.70. The predicted octanol–water partition coefficient (Wildman–Crippen LogP) is 5.80. The van der Waals surface area contributed by atoms with E-state index in [0.717, 1.165) is 40.9 Å². The SMILES string of the molecule is Cc1ccc(-c2ccc(C(C3CC3)N3CC[C@](CC(C)(C)O)(c4ccccc4)OC3=O)cc2)nn1. The fourth-order valence-corrected chi connectivity index (χ4v) is 5.31. The summed E-state index contributed by atoms with van der Waals surface area (Å²) in [5.41, 5.74) is 2.97. The van der Waals surface area contributed by atoms with E-state index in [1.165, 1.54) is 0 Å². The molecule has 1 aliphatic heterocycles. The highest BCUT2D eigenvalue weighted by Crippen LogP contribution is 2.48. The molecule has 182 valence electrons. The first-order valence-corrected chi connectivity index (χ1v) is 12.4. The minimum Gasteiger partial charge on any atom is -0.438 e. The van der Waals surface area contributed by atoms with E-state index in [4.69, 9.17) is 4.74 Å². The Hall–Kier alpha value is -3.25. The van der Waals surface area contributed by atoms with Gasteiger partial charge in [0.05, 0.1) is 23.0 Å². The maximum absolute atomic E-state index is 13.5. The van der Waals surface area contributed by atoms with E-state index in [1.54, 1.807) is 13.8 Å². The molecule has 1 amide bonds. The Morgan fingerprint density at radius 3 is 2.34 bits per heavy atom. The van der Waals surface area contributed by atoms with Crippen LogP contribution >= 0.6 is 0 Å². The van der Waals surface area contributed by atoms with E-state index in [2.05, 4.69) is 34.5 Å². The Balaban J connectivity index is 1.40. The minimum atomic E-state index is -0.969. The quantitative estimate of drug-likeness (QED) is 0.471. The summed E-state index contributed by atoms with van der Waals surface area (Å²) in [6.45, 7) is 6.04. The Morgan fingerprint density at radius 2 is 1.77 bits per heavy atom. The number of nitrogens with zero attached hydrogens (tertiary/aromatic N) is 3. The summed E-state index contributed by atoms with van der Waals surface area (Å²) in [4.78, 5) is 15.4. The summed E-state index contributed by atoms with van der Waals surface area (Å²) < 4.78 is 6.24. The summed E-state index contributed by atoms with van der Waals surface area (Å²) in [7, 11) is 0. The first kappa shape index (κ1) is 23.5. The van der Waals surface area contributed by atoms with Crippen molar-refractivity contribution in [1.82, 2.24) is 15.1 Å². The number of aromatic nitrogens is 2. The number of carbonyl (C=O) groups excluding carboxylic acids is 1. The minimum absolute atomic E-state index is 0.0171. The Morgan fingerprint density at radius 1 is 1.06 bits per heavy atom. The van der Waals surface area contributed by atoms with Crippen LogP contribution in [0.25, 0.3) is 11.3 Å². The van der Waals surface area contributed by atoms with Gasteiger partial charge in [0.1, 0.15) is 5.60 Å². The molecule has 2 aromatic carbocycles. The molecule has 1 saturated heterocycles. The number of cyclic esters (lactones) is 1. The molecule has 0 spiro atoms. The van der Waals surface area contributed by atoms with Crippen LogP contribution in [0.5, 0.6) is 0 Å². The lowest BCUT2D eigenvalue weighted by Crippen LogP contribution is -2.51. The van der Waals surface area contributed by atoms with Crippen LogP contribution < -0.4 is 0 Å². The van der Waals surface area contributed by atoms with Crippen molar-refractivity contribution >= 4 is 6.09 Å². The number of hydrogen-bond acceptors (Lipinski definition) is 5. The van der Waals surface area contributed by atoms with Crippen molar-refractivity contribution in [3.05, 3.63) is 83.6 Å². The summed E-state index contributed by atoms with van der Waals surface area (Å²) in [5.74, 6) is 0.436. The summed E-state index contributed by atoms with van der Waals surface area (Å²) >= 11 is 0. The zero-order valence-electron chi connectivity index (χ0n) is 20.6. The van der Waals surface area contributed by atoms with Crippen molar-refractivity contribution in [1.29, 1.82) is 0 Å². The van der Waals surface area contributed by atoms with Gasteiger partial charge in [-0.2, -0.15) is 10.2 Å². The van der Waals surface area contributed by atoms with E-state index >= 15 is 0 Å². The van der Waals surface area contributed by atoms with Crippen LogP contribution in [-0.4, -0.2) is 38.4 Å². The van der Waals surface area contributed by atoms with Crippen molar-refractivity contribution in [2.75, 3.05) is 6.54 Å². The van der Waals surface area contributed by atoms with Gasteiger partial charge in [-0.25, -0.2) is 4.79 Å². The average molecular weight is 472 g/mol. The van der Waals surface area contributed by atoms with Crippen molar-refractivity contribution in [2.24, 2.45) is 5.92 Å². The van der Waals surface area contributed by atoms with Gasteiger partial charge in [-0.05, 0) is 62.8 Å². The molecular weight excluding hydrogens is 438 g/mol.